The number of nitrogens with two attached hydrogens (primary N) is 2. The maximum Gasteiger partial charge on any atom is 0.333 e. The molecule has 0 aliphatic heterocycles. The Hall–Kier alpha value is -1.40. The van der Waals surface area contributed by atoms with Gasteiger partial charge in [0.25, 0.3) is 0 Å². The van der Waals surface area contributed by atoms with E-state index in [4.69, 9.17) is 16.2 Å². The lowest BCUT2D eigenvalue weighted by Crippen LogP contribution is -2.44. The van der Waals surface area contributed by atoms with Crippen LogP contribution in [-0.2, 0) is 20.9 Å². The van der Waals surface area contributed by atoms with Gasteiger partial charge in [0.1, 0.15) is 6.61 Å². The first kappa shape index (κ1) is 10.7. The van der Waals surface area contributed by atoms with E-state index in [1.54, 1.807) is 0 Å². The number of rotatable bonds is 4. The minimum Gasteiger partial charge on any atom is -0.458 e. The highest BCUT2D eigenvalue weighted by Gasteiger charge is 2.20. The average molecular weight is 214 g/mol. The molecule has 14 heavy (non-hydrogen) atoms. The summed E-state index contributed by atoms with van der Waals surface area (Å²) in [7, 11) is 0. The number of primary amides is 1. The van der Waals surface area contributed by atoms with Gasteiger partial charge in [-0.25, -0.2) is 4.79 Å². The summed E-state index contributed by atoms with van der Waals surface area (Å²) in [6, 6.07) is 2.27. The van der Waals surface area contributed by atoms with Gasteiger partial charge in [0.2, 0.25) is 5.91 Å². The molecule has 1 unspecified atom stereocenters. The lowest BCUT2D eigenvalue weighted by molar-refractivity contribution is -0.148. The van der Waals surface area contributed by atoms with E-state index in [1.165, 1.54) is 11.3 Å². The third-order valence-corrected chi connectivity index (χ3v) is 2.35. The summed E-state index contributed by atoms with van der Waals surface area (Å²) in [5.74, 6) is -1.69. The fourth-order valence-electron chi connectivity index (χ4n) is 0.743. The molecule has 1 rings (SSSR count). The molecule has 0 spiro atoms. The molecule has 1 amide bonds. The molecule has 1 heterocycles. The van der Waals surface area contributed by atoms with Gasteiger partial charge in [-0.15, -0.1) is 11.3 Å². The van der Waals surface area contributed by atoms with E-state index in [2.05, 4.69) is 0 Å². The predicted octanol–water partition coefficient (Wildman–Crippen LogP) is -0.396. The van der Waals surface area contributed by atoms with Gasteiger partial charge in [-0.3, -0.25) is 4.79 Å². The standard InChI is InChI=1S/C8H10N2O3S/c9-6(7(10)11)8(12)13-4-5-2-1-3-14-5/h1-3,6H,4,9H2,(H2,10,11). The second-order valence-electron chi connectivity index (χ2n) is 2.57. The molecule has 5 nitrogen and oxygen atoms in total. The highest BCUT2D eigenvalue weighted by molar-refractivity contribution is 7.09. The van der Waals surface area contributed by atoms with Crippen molar-refractivity contribution >= 4 is 23.2 Å². The Kier molecular flexibility index (Phi) is 3.61. The first-order valence-corrected chi connectivity index (χ1v) is 4.73. The first-order chi connectivity index (χ1) is 6.61. The van der Waals surface area contributed by atoms with Crippen molar-refractivity contribution in [2.75, 3.05) is 0 Å². The van der Waals surface area contributed by atoms with Crippen molar-refractivity contribution in [1.82, 2.24) is 0 Å². The van der Waals surface area contributed by atoms with Crippen molar-refractivity contribution in [1.29, 1.82) is 0 Å². The first-order valence-electron chi connectivity index (χ1n) is 3.85. The van der Waals surface area contributed by atoms with Gasteiger partial charge < -0.3 is 16.2 Å². The van der Waals surface area contributed by atoms with Gasteiger partial charge in [-0.05, 0) is 11.4 Å². The van der Waals surface area contributed by atoms with Crippen molar-refractivity contribution in [3.8, 4) is 0 Å². The number of thiophene rings is 1. The van der Waals surface area contributed by atoms with E-state index >= 15 is 0 Å². The molecule has 6 heteroatoms. The summed E-state index contributed by atoms with van der Waals surface area (Å²) in [6.07, 6.45) is 0. The fraction of sp³-hybridized carbons (Fsp3) is 0.250. The summed E-state index contributed by atoms with van der Waals surface area (Å²) < 4.78 is 4.76. The number of amides is 1. The summed E-state index contributed by atoms with van der Waals surface area (Å²) in [5.41, 5.74) is 9.98. The number of carbonyl (C=O) groups is 2. The van der Waals surface area contributed by atoms with Crippen LogP contribution in [0.15, 0.2) is 17.5 Å². The molecular weight excluding hydrogens is 204 g/mol. The molecule has 0 saturated heterocycles. The molecule has 0 aliphatic rings. The van der Waals surface area contributed by atoms with Gasteiger partial charge in [-0.2, -0.15) is 0 Å². The zero-order valence-electron chi connectivity index (χ0n) is 7.30. The maximum absolute atomic E-state index is 11.0. The SMILES string of the molecule is NC(=O)C(N)C(=O)OCc1cccs1. The maximum atomic E-state index is 11.0. The quantitative estimate of drug-likeness (QED) is 0.526. The second-order valence-corrected chi connectivity index (χ2v) is 3.60. The van der Waals surface area contributed by atoms with Gasteiger partial charge in [0.15, 0.2) is 6.04 Å². The second kappa shape index (κ2) is 4.73. The third-order valence-electron chi connectivity index (χ3n) is 1.50. The number of esters is 1. The van der Waals surface area contributed by atoms with Crippen molar-refractivity contribution in [2.24, 2.45) is 11.5 Å². The topological polar surface area (TPSA) is 95.4 Å². The minimum absolute atomic E-state index is 0.122. The van der Waals surface area contributed by atoms with Gasteiger partial charge in [0, 0.05) is 4.88 Å². The smallest absolute Gasteiger partial charge is 0.333 e. The zero-order chi connectivity index (χ0) is 10.6. The van der Waals surface area contributed by atoms with Crippen molar-refractivity contribution in [3.63, 3.8) is 0 Å². The van der Waals surface area contributed by atoms with Gasteiger partial charge >= 0.3 is 5.97 Å². The zero-order valence-corrected chi connectivity index (χ0v) is 8.12. The molecule has 0 saturated carbocycles. The molecule has 0 bridgehead atoms. The van der Waals surface area contributed by atoms with E-state index < -0.39 is 17.9 Å². The molecule has 76 valence electrons. The summed E-state index contributed by atoms with van der Waals surface area (Å²) in [4.78, 5) is 22.4. The molecular formula is C8H10N2O3S. The van der Waals surface area contributed by atoms with Crippen LogP contribution in [0.2, 0.25) is 0 Å². The van der Waals surface area contributed by atoms with E-state index in [0.29, 0.717) is 0 Å². The van der Waals surface area contributed by atoms with Crippen LogP contribution in [0.1, 0.15) is 4.88 Å². The van der Waals surface area contributed by atoms with E-state index in [1.807, 2.05) is 17.5 Å². The van der Waals surface area contributed by atoms with E-state index in [0.717, 1.165) is 4.88 Å². The summed E-state index contributed by atoms with van der Waals surface area (Å²) in [6.45, 7) is 0.122. The average Bonchev–Trinajstić information content (AvgIpc) is 2.65. The van der Waals surface area contributed by atoms with Crippen LogP contribution in [0.5, 0.6) is 0 Å². The Balaban J connectivity index is 2.39. The Morgan fingerprint density at radius 1 is 1.57 bits per heavy atom. The Bertz CT molecular complexity index is 323. The highest BCUT2D eigenvalue weighted by Crippen LogP contribution is 2.09. The van der Waals surface area contributed by atoms with Crippen LogP contribution in [0, 0.1) is 0 Å². The van der Waals surface area contributed by atoms with Crippen molar-refractivity contribution < 1.29 is 14.3 Å². The van der Waals surface area contributed by atoms with E-state index in [-0.39, 0.29) is 6.61 Å². The van der Waals surface area contributed by atoms with E-state index in [9.17, 15) is 9.59 Å². The van der Waals surface area contributed by atoms with Crippen molar-refractivity contribution in [3.05, 3.63) is 22.4 Å². The van der Waals surface area contributed by atoms with Gasteiger partial charge in [-0.1, -0.05) is 6.07 Å². The highest BCUT2D eigenvalue weighted by atomic mass is 32.1. The monoisotopic (exact) mass is 214 g/mol. The summed E-state index contributed by atoms with van der Waals surface area (Å²) >= 11 is 1.45. The molecule has 0 fully saturated rings. The molecule has 0 aromatic carbocycles. The molecule has 1 aromatic heterocycles. The fourth-order valence-corrected chi connectivity index (χ4v) is 1.36. The molecule has 1 atom stereocenters. The Labute approximate surface area is 84.6 Å². The number of hydrogen-bond donors (Lipinski definition) is 2. The van der Waals surface area contributed by atoms with Crippen LogP contribution in [0.25, 0.3) is 0 Å². The largest absolute Gasteiger partial charge is 0.458 e. The van der Waals surface area contributed by atoms with Crippen molar-refractivity contribution in [2.45, 2.75) is 12.6 Å². The van der Waals surface area contributed by atoms with Crippen LogP contribution in [0.3, 0.4) is 0 Å². The lowest BCUT2D eigenvalue weighted by Gasteiger charge is -2.06. The predicted molar refractivity (Wildman–Crippen MR) is 51.3 cm³/mol. The lowest BCUT2D eigenvalue weighted by atomic mass is 10.3. The number of carbonyl (C=O) groups excluding carboxylic acids is 2. The molecule has 0 radical (unpaired) electrons. The van der Waals surface area contributed by atoms with Crippen LogP contribution in [0.4, 0.5) is 0 Å². The summed E-state index contributed by atoms with van der Waals surface area (Å²) in [5, 5.41) is 1.86. The Morgan fingerprint density at radius 2 is 2.29 bits per heavy atom. The Morgan fingerprint density at radius 3 is 2.79 bits per heavy atom. The molecule has 1 aromatic rings. The molecule has 4 N–H and O–H groups in total. The third kappa shape index (κ3) is 2.82. The normalized spacial score (nSPS) is 12.1. The molecule has 0 aliphatic carbocycles. The van der Waals surface area contributed by atoms with Crippen LogP contribution < -0.4 is 11.5 Å². The minimum atomic E-state index is -1.38. The number of ether oxygens (including phenoxy) is 1. The van der Waals surface area contributed by atoms with Crippen LogP contribution in [-0.4, -0.2) is 17.9 Å². The van der Waals surface area contributed by atoms with Crippen LogP contribution >= 0.6 is 11.3 Å². The van der Waals surface area contributed by atoms with Gasteiger partial charge in [0.05, 0.1) is 0 Å². The number of hydrogen-bond acceptors (Lipinski definition) is 5.